The zero-order valence-electron chi connectivity index (χ0n) is 13.2. The molecule has 1 N–H and O–H groups in total. The fraction of sp³-hybridized carbons (Fsp3) is 0.278. The minimum Gasteiger partial charge on any atom is -0.492 e. The molecule has 118 valence electrons. The van der Waals surface area contributed by atoms with Gasteiger partial charge in [0.25, 0.3) is 5.91 Å². The molecule has 0 radical (unpaired) electrons. The number of anilines is 1. The van der Waals surface area contributed by atoms with Crippen molar-refractivity contribution in [2.24, 2.45) is 5.92 Å². The Kier molecular flexibility index (Phi) is 5.70. The van der Waals surface area contributed by atoms with Gasteiger partial charge in [-0.05, 0) is 42.7 Å². The summed E-state index contributed by atoms with van der Waals surface area (Å²) in [5.41, 5.74) is 1.47. The van der Waals surface area contributed by atoms with Crippen LogP contribution in [-0.4, -0.2) is 17.5 Å². The number of pyridine rings is 1. The van der Waals surface area contributed by atoms with Crippen LogP contribution in [0.25, 0.3) is 0 Å². The van der Waals surface area contributed by atoms with E-state index in [2.05, 4.69) is 30.2 Å². The van der Waals surface area contributed by atoms with Crippen molar-refractivity contribution in [3.63, 3.8) is 0 Å². The number of aromatic nitrogens is 1. The smallest absolute Gasteiger partial charge is 0.255 e. The fourth-order valence-electron chi connectivity index (χ4n) is 1.93. The van der Waals surface area contributed by atoms with Gasteiger partial charge >= 0.3 is 0 Å². The van der Waals surface area contributed by atoms with Gasteiger partial charge in [-0.25, -0.2) is 0 Å². The zero-order valence-corrected chi connectivity index (χ0v) is 13.2. The third-order valence-electron chi connectivity index (χ3n) is 3.25. The number of nitrogens with one attached hydrogen (secondary N) is 1. The van der Waals surface area contributed by atoms with Crippen molar-refractivity contribution in [3.05, 3.63) is 53.9 Å². The molecule has 0 aliphatic rings. The number of nitrogens with zero attached hydrogens (tertiary/aromatic N) is 2. The molecule has 2 rings (SSSR count). The van der Waals surface area contributed by atoms with Crippen molar-refractivity contribution in [2.75, 3.05) is 11.9 Å². The lowest BCUT2D eigenvalue weighted by Crippen LogP contribution is -2.12. The summed E-state index contributed by atoms with van der Waals surface area (Å²) in [5.74, 6) is 0.833. The molecule has 1 aromatic carbocycles. The van der Waals surface area contributed by atoms with Crippen molar-refractivity contribution in [1.82, 2.24) is 4.98 Å². The van der Waals surface area contributed by atoms with Crippen LogP contribution >= 0.6 is 0 Å². The van der Waals surface area contributed by atoms with E-state index in [1.807, 2.05) is 0 Å². The average molecular weight is 309 g/mol. The highest BCUT2D eigenvalue weighted by atomic mass is 16.5. The molecule has 0 atom stereocenters. The number of nitriles is 1. The first-order chi connectivity index (χ1) is 11.1. The Morgan fingerprint density at radius 1 is 1.30 bits per heavy atom. The van der Waals surface area contributed by atoms with Crippen LogP contribution in [0.5, 0.6) is 5.75 Å². The fourth-order valence-corrected chi connectivity index (χ4v) is 1.93. The van der Waals surface area contributed by atoms with Gasteiger partial charge in [-0.15, -0.1) is 0 Å². The Morgan fingerprint density at radius 3 is 2.70 bits per heavy atom. The molecule has 5 nitrogen and oxygen atoms in total. The van der Waals surface area contributed by atoms with Crippen LogP contribution in [-0.2, 0) is 0 Å². The largest absolute Gasteiger partial charge is 0.492 e. The minimum atomic E-state index is -0.246. The van der Waals surface area contributed by atoms with Gasteiger partial charge in [0.05, 0.1) is 12.2 Å². The second-order valence-electron chi connectivity index (χ2n) is 5.54. The molecule has 0 saturated heterocycles. The first-order valence-electron chi connectivity index (χ1n) is 7.48. The second-order valence-corrected chi connectivity index (χ2v) is 5.54. The standard InChI is InChI=1S/C18H19N3O2/c1-13(2)7-10-23-17-4-3-16(11-15(17)12-19)21-18(22)14-5-8-20-9-6-14/h3-6,8-9,11,13H,7,10H2,1-2H3,(H,21,22). The number of carbonyl (C=O) groups excluding carboxylic acids is 1. The number of hydrogen-bond acceptors (Lipinski definition) is 4. The lowest BCUT2D eigenvalue weighted by molar-refractivity contribution is 0.102. The lowest BCUT2D eigenvalue weighted by Gasteiger charge is -2.11. The number of hydrogen-bond donors (Lipinski definition) is 1. The molecule has 2 aromatic rings. The maximum Gasteiger partial charge on any atom is 0.255 e. The molecule has 0 aliphatic heterocycles. The van der Waals surface area contributed by atoms with E-state index in [1.165, 1.54) is 0 Å². The molecule has 0 spiro atoms. The van der Waals surface area contributed by atoms with Crippen LogP contribution in [0, 0.1) is 17.2 Å². The predicted octanol–water partition coefficient (Wildman–Crippen LogP) is 3.63. The summed E-state index contributed by atoms with van der Waals surface area (Å²) in [6.45, 7) is 4.80. The van der Waals surface area contributed by atoms with Gasteiger partial charge in [0, 0.05) is 23.6 Å². The highest BCUT2D eigenvalue weighted by molar-refractivity contribution is 6.04. The molecule has 1 aromatic heterocycles. The topological polar surface area (TPSA) is 75.0 Å². The number of benzene rings is 1. The summed E-state index contributed by atoms with van der Waals surface area (Å²) < 4.78 is 5.64. The van der Waals surface area contributed by atoms with Gasteiger partial charge in [-0.3, -0.25) is 9.78 Å². The summed E-state index contributed by atoms with van der Waals surface area (Å²) in [6.07, 6.45) is 4.04. The average Bonchev–Trinajstić information content (AvgIpc) is 2.56. The maximum atomic E-state index is 12.1. The van der Waals surface area contributed by atoms with Gasteiger partial charge in [0.15, 0.2) is 0 Å². The normalized spacial score (nSPS) is 10.2. The van der Waals surface area contributed by atoms with Gasteiger partial charge in [0.1, 0.15) is 11.8 Å². The van der Waals surface area contributed by atoms with E-state index in [4.69, 9.17) is 4.74 Å². The van der Waals surface area contributed by atoms with E-state index in [9.17, 15) is 10.1 Å². The van der Waals surface area contributed by atoms with Crippen molar-refractivity contribution in [2.45, 2.75) is 20.3 Å². The summed E-state index contributed by atoms with van der Waals surface area (Å²) in [4.78, 5) is 16.0. The van der Waals surface area contributed by atoms with E-state index < -0.39 is 0 Å². The van der Waals surface area contributed by atoms with E-state index in [0.29, 0.717) is 35.1 Å². The Labute approximate surface area is 135 Å². The molecule has 0 saturated carbocycles. The van der Waals surface area contributed by atoms with Crippen LogP contribution < -0.4 is 10.1 Å². The molecule has 5 heteroatoms. The van der Waals surface area contributed by atoms with E-state index >= 15 is 0 Å². The Balaban J connectivity index is 2.07. The number of carbonyl (C=O) groups is 1. The van der Waals surface area contributed by atoms with Gasteiger partial charge in [-0.1, -0.05) is 13.8 Å². The van der Waals surface area contributed by atoms with Gasteiger partial charge in [-0.2, -0.15) is 5.26 Å². The van der Waals surface area contributed by atoms with Crippen molar-refractivity contribution >= 4 is 11.6 Å². The number of amides is 1. The molecule has 0 aliphatic carbocycles. The summed E-state index contributed by atoms with van der Waals surface area (Å²) in [6, 6.07) is 10.4. The number of rotatable bonds is 6. The first kappa shape index (κ1) is 16.5. The third kappa shape index (κ3) is 4.82. The van der Waals surface area contributed by atoms with Crippen molar-refractivity contribution < 1.29 is 9.53 Å². The van der Waals surface area contributed by atoms with Crippen LogP contribution in [0.1, 0.15) is 36.2 Å². The monoisotopic (exact) mass is 309 g/mol. The SMILES string of the molecule is CC(C)CCOc1ccc(NC(=O)c2ccncc2)cc1C#N. The second kappa shape index (κ2) is 7.95. The third-order valence-corrected chi connectivity index (χ3v) is 3.25. The minimum absolute atomic E-state index is 0.246. The first-order valence-corrected chi connectivity index (χ1v) is 7.48. The molecule has 0 bridgehead atoms. The van der Waals surface area contributed by atoms with Crippen LogP contribution in [0.2, 0.25) is 0 Å². The van der Waals surface area contributed by atoms with Gasteiger partial charge < -0.3 is 10.1 Å². The molecule has 0 unspecified atom stereocenters. The van der Waals surface area contributed by atoms with Crippen LogP contribution in [0.15, 0.2) is 42.7 Å². The summed E-state index contributed by atoms with van der Waals surface area (Å²) in [5, 5.41) is 12.0. The quantitative estimate of drug-likeness (QED) is 0.884. The van der Waals surface area contributed by atoms with Crippen molar-refractivity contribution in [3.8, 4) is 11.8 Å². The van der Waals surface area contributed by atoms with Crippen LogP contribution in [0.4, 0.5) is 5.69 Å². The lowest BCUT2D eigenvalue weighted by atomic mass is 10.1. The van der Waals surface area contributed by atoms with Crippen molar-refractivity contribution in [1.29, 1.82) is 5.26 Å². The Morgan fingerprint density at radius 2 is 2.04 bits per heavy atom. The zero-order chi connectivity index (χ0) is 16.7. The molecule has 1 heterocycles. The van der Waals surface area contributed by atoms with Gasteiger partial charge in [0.2, 0.25) is 0 Å². The van der Waals surface area contributed by atoms with E-state index in [1.54, 1.807) is 42.7 Å². The summed E-state index contributed by atoms with van der Waals surface area (Å²) in [7, 11) is 0. The predicted molar refractivity (Wildman–Crippen MR) is 88.3 cm³/mol. The molecular formula is C18H19N3O2. The van der Waals surface area contributed by atoms with Crippen LogP contribution in [0.3, 0.4) is 0 Å². The molecule has 0 fully saturated rings. The van der Waals surface area contributed by atoms with E-state index in [-0.39, 0.29) is 5.91 Å². The molecule has 23 heavy (non-hydrogen) atoms. The maximum absolute atomic E-state index is 12.1. The summed E-state index contributed by atoms with van der Waals surface area (Å²) >= 11 is 0. The number of ether oxygens (including phenoxy) is 1. The van der Waals surface area contributed by atoms with E-state index in [0.717, 1.165) is 6.42 Å². The highest BCUT2D eigenvalue weighted by Gasteiger charge is 2.09. The Hall–Kier alpha value is -2.87. The Bertz CT molecular complexity index is 706. The molecule has 1 amide bonds. The highest BCUT2D eigenvalue weighted by Crippen LogP contribution is 2.23. The molecular weight excluding hydrogens is 290 g/mol.